The van der Waals surface area contributed by atoms with Gasteiger partial charge in [-0.2, -0.15) is 0 Å². The normalized spacial score (nSPS) is 14.4. The van der Waals surface area contributed by atoms with E-state index in [1.54, 1.807) is 18.2 Å². The number of para-hydroxylation sites is 1. The average molecular weight is 275 g/mol. The number of fused-ring (bicyclic) bond motifs is 1. The van der Waals surface area contributed by atoms with Gasteiger partial charge in [0, 0.05) is 5.39 Å². The summed E-state index contributed by atoms with van der Waals surface area (Å²) in [6.07, 6.45) is 1.01. The molecule has 0 amide bonds. The molecule has 3 nitrogen and oxygen atoms in total. The molecule has 0 aliphatic heterocycles. The first-order chi connectivity index (χ1) is 9.48. The lowest BCUT2D eigenvalue weighted by Crippen LogP contribution is -2.23. The zero-order valence-corrected chi connectivity index (χ0v) is 10.6. The third kappa shape index (κ3) is 1.96. The number of furan rings is 1. The van der Waals surface area contributed by atoms with Gasteiger partial charge in [0.1, 0.15) is 11.6 Å². The standard InChI is InChI=1S/C15H11F2NO2/c1-15(19,12-6-5-10(16)8-18-12)13-7-9-3-2-4-11(17)14(9)20-13/h2-8,19H,1H3. The number of hydrogen-bond acceptors (Lipinski definition) is 3. The summed E-state index contributed by atoms with van der Waals surface area (Å²) in [4.78, 5) is 3.84. The number of benzene rings is 1. The molecule has 0 aliphatic rings. The van der Waals surface area contributed by atoms with Crippen molar-refractivity contribution in [1.29, 1.82) is 0 Å². The summed E-state index contributed by atoms with van der Waals surface area (Å²) in [5.41, 5.74) is -1.28. The van der Waals surface area contributed by atoms with E-state index >= 15 is 0 Å². The van der Waals surface area contributed by atoms with Crippen molar-refractivity contribution in [2.75, 3.05) is 0 Å². The van der Waals surface area contributed by atoms with Crippen LogP contribution in [0.3, 0.4) is 0 Å². The molecule has 0 spiro atoms. The van der Waals surface area contributed by atoms with Gasteiger partial charge in [-0.05, 0) is 31.2 Å². The lowest BCUT2D eigenvalue weighted by molar-refractivity contribution is 0.0738. The summed E-state index contributed by atoms with van der Waals surface area (Å²) in [6.45, 7) is 1.46. The smallest absolute Gasteiger partial charge is 0.170 e. The molecule has 1 atom stereocenters. The van der Waals surface area contributed by atoms with Crippen LogP contribution in [0, 0.1) is 11.6 Å². The molecule has 102 valence electrons. The van der Waals surface area contributed by atoms with Gasteiger partial charge in [0.05, 0.1) is 11.9 Å². The predicted octanol–water partition coefficient (Wildman–Crippen LogP) is 3.36. The summed E-state index contributed by atoms with van der Waals surface area (Å²) in [5.74, 6) is -0.853. The van der Waals surface area contributed by atoms with Crippen molar-refractivity contribution < 1.29 is 18.3 Å². The Morgan fingerprint density at radius 3 is 2.65 bits per heavy atom. The molecule has 3 aromatic rings. The van der Waals surface area contributed by atoms with Crippen molar-refractivity contribution in [3.63, 3.8) is 0 Å². The van der Waals surface area contributed by atoms with Crippen LogP contribution in [-0.4, -0.2) is 10.1 Å². The monoisotopic (exact) mass is 275 g/mol. The van der Waals surface area contributed by atoms with E-state index in [2.05, 4.69) is 4.98 Å². The first-order valence-electron chi connectivity index (χ1n) is 6.01. The maximum absolute atomic E-state index is 13.6. The van der Waals surface area contributed by atoms with Crippen molar-refractivity contribution in [1.82, 2.24) is 4.98 Å². The molecule has 2 aromatic heterocycles. The third-order valence-electron chi connectivity index (χ3n) is 3.20. The Kier molecular flexibility index (Phi) is 2.79. The van der Waals surface area contributed by atoms with Crippen LogP contribution in [0.25, 0.3) is 11.0 Å². The van der Waals surface area contributed by atoms with Crippen LogP contribution in [0.4, 0.5) is 8.78 Å². The number of rotatable bonds is 2. The Morgan fingerprint density at radius 2 is 2.00 bits per heavy atom. The molecule has 0 radical (unpaired) electrons. The van der Waals surface area contributed by atoms with Gasteiger partial charge in [0.25, 0.3) is 0 Å². The first kappa shape index (κ1) is 12.7. The maximum Gasteiger partial charge on any atom is 0.170 e. The van der Waals surface area contributed by atoms with Gasteiger partial charge in [-0.3, -0.25) is 4.98 Å². The fourth-order valence-corrected chi connectivity index (χ4v) is 2.06. The second-order valence-electron chi connectivity index (χ2n) is 4.70. The molecule has 20 heavy (non-hydrogen) atoms. The molecule has 0 saturated carbocycles. The molecule has 1 N–H and O–H groups in total. The number of nitrogens with zero attached hydrogens (tertiary/aromatic N) is 1. The number of pyridine rings is 1. The van der Waals surface area contributed by atoms with E-state index in [9.17, 15) is 13.9 Å². The second-order valence-corrected chi connectivity index (χ2v) is 4.70. The van der Waals surface area contributed by atoms with Crippen molar-refractivity contribution in [3.8, 4) is 0 Å². The van der Waals surface area contributed by atoms with Gasteiger partial charge in [-0.25, -0.2) is 8.78 Å². The summed E-state index contributed by atoms with van der Waals surface area (Å²) >= 11 is 0. The van der Waals surface area contributed by atoms with E-state index < -0.39 is 17.2 Å². The van der Waals surface area contributed by atoms with Crippen molar-refractivity contribution in [3.05, 3.63) is 65.7 Å². The van der Waals surface area contributed by atoms with Crippen molar-refractivity contribution in [2.45, 2.75) is 12.5 Å². The number of aliphatic hydroxyl groups is 1. The Balaban J connectivity index is 2.13. The molecule has 2 heterocycles. The third-order valence-corrected chi connectivity index (χ3v) is 3.20. The van der Waals surface area contributed by atoms with E-state index in [0.29, 0.717) is 5.39 Å². The molecule has 5 heteroatoms. The Bertz CT molecular complexity index is 763. The Labute approximate surface area is 113 Å². The van der Waals surface area contributed by atoms with Gasteiger partial charge in [0.15, 0.2) is 17.0 Å². The molecule has 3 rings (SSSR count). The maximum atomic E-state index is 13.6. The summed E-state index contributed by atoms with van der Waals surface area (Å²) in [6, 6.07) is 8.62. The van der Waals surface area contributed by atoms with Crippen molar-refractivity contribution in [2.24, 2.45) is 0 Å². The molecule has 0 fully saturated rings. The highest BCUT2D eigenvalue weighted by molar-refractivity contribution is 5.78. The zero-order valence-electron chi connectivity index (χ0n) is 10.6. The van der Waals surface area contributed by atoms with E-state index in [0.717, 1.165) is 6.20 Å². The van der Waals surface area contributed by atoms with Gasteiger partial charge in [-0.15, -0.1) is 0 Å². The molecular formula is C15H11F2NO2. The van der Waals surface area contributed by atoms with Crippen LogP contribution in [0.1, 0.15) is 18.4 Å². The van der Waals surface area contributed by atoms with Gasteiger partial charge in [-0.1, -0.05) is 12.1 Å². The van der Waals surface area contributed by atoms with Crippen LogP contribution in [0.2, 0.25) is 0 Å². The van der Waals surface area contributed by atoms with Gasteiger partial charge < -0.3 is 9.52 Å². The highest BCUT2D eigenvalue weighted by atomic mass is 19.1. The average Bonchev–Trinajstić information content (AvgIpc) is 2.85. The second kappa shape index (κ2) is 4.38. The van der Waals surface area contributed by atoms with Crippen LogP contribution < -0.4 is 0 Å². The number of halogens is 2. The molecule has 0 aliphatic carbocycles. The Hall–Kier alpha value is -2.27. The first-order valence-corrected chi connectivity index (χ1v) is 6.01. The quantitative estimate of drug-likeness (QED) is 0.780. The SMILES string of the molecule is CC(O)(c1ccc(F)cn1)c1cc2cccc(F)c2o1. The topological polar surface area (TPSA) is 46.3 Å². The number of hydrogen-bond donors (Lipinski definition) is 1. The van der Waals surface area contributed by atoms with Crippen LogP contribution in [0.5, 0.6) is 0 Å². The lowest BCUT2D eigenvalue weighted by Gasteiger charge is -2.19. The molecule has 0 bridgehead atoms. The predicted molar refractivity (Wildman–Crippen MR) is 69.0 cm³/mol. The number of aromatic nitrogens is 1. The largest absolute Gasteiger partial charge is 0.454 e. The fraction of sp³-hybridized carbons (Fsp3) is 0.133. The minimum Gasteiger partial charge on any atom is -0.454 e. The summed E-state index contributed by atoms with van der Waals surface area (Å²) < 4.78 is 31.9. The van der Waals surface area contributed by atoms with Crippen molar-refractivity contribution >= 4 is 11.0 Å². The zero-order chi connectivity index (χ0) is 14.3. The van der Waals surface area contributed by atoms with E-state index in [4.69, 9.17) is 4.42 Å². The molecule has 1 aromatic carbocycles. The minimum absolute atomic E-state index is 0.0740. The van der Waals surface area contributed by atoms with Crippen LogP contribution >= 0.6 is 0 Å². The van der Waals surface area contributed by atoms with E-state index in [1.807, 2.05) is 0 Å². The molecule has 1 unspecified atom stereocenters. The molecule has 0 saturated heterocycles. The minimum atomic E-state index is -1.57. The Morgan fingerprint density at radius 1 is 1.20 bits per heavy atom. The van der Waals surface area contributed by atoms with E-state index in [-0.39, 0.29) is 17.0 Å². The molecular weight excluding hydrogens is 264 g/mol. The van der Waals surface area contributed by atoms with Gasteiger partial charge >= 0.3 is 0 Å². The summed E-state index contributed by atoms with van der Waals surface area (Å²) in [7, 11) is 0. The van der Waals surface area contributed by atoms with Crippen LogP contribution in [0.15, 0.2) is 47.0 Å². The van der Waals surface area contributed by atoms with E-state index in [1.165, 1.54) is 25.1 Å². The summed E-state index contributed by atoms with van der Waals surface area (Å²) in [5, 5.41) is 11.1. The van der Waals surface area contributed by atoms with Crippen LogP contribution in [-0.2, 0) is 5.60 Å². The fourth-order valence-electron chi connectivity index (χ4n) is 2.06. The van der Waals surface area contributed by atoms with Gasteiger partial charge in [0.2, 0.25) is 0 Å². The highest BCUT2D eigenvalue weighted by Crippen LogP contribution is 2.33. The highest BCUT2D eigenvalue weighted by Gasteiger charge is 2.31. The lowest BCUT2D eigenvalue weighted by atomic mass is 9.98.